The molecule has 0 N–H and O–H groups in total. The molecular weight excluding hydrogens is 298 g/mol. The van der Waals surface area contributed by atoms with Gasteiger partial charge >= 0.3 is 0 Å². The molecule has 0 saturated heterocycles. The summed E-state index contributed by atoms with van der Waals surface area (Å²) in [6, 6.07) is 16.9. The lowest BCUT2D eigenvalue weighted by Gasteiger charge is -2.05. The first kappa shape index (κ1) is 12.2. The van der Waals surface area contributed by atoms with Gasteiger partial charge in [-0.15, -0.1) is 0 Å². The predicted octanol–water partition coefficient (Wildman–Crippen LogP) is 5.10. The molecule has 1 aromatic heterocycles. The summed E-state index contributed by atoms with van der Waals surface area (Å²) >= 11 is 3.53. The van der Waals surface area contributed by atoms with Crippen LogP contribution in [0.3, 0.4) is 0 Å². The third-order valence-electron chi connectivity index (χ3n) is 3.29. The first-order chi connectivity index (χ1) is 9.28. The summed E-state index contributed by atoms with van der Waals surface area (Å²) in [5.41, 5.74) is 3.71. The Kier molecular flexibility index (Phi) is 3.26. The minimum Gasteiger partial charge on any atom is -0.342 e. The van der Waals surface area contributed by atoms with Crippen LogP contribution in [0.15, 0.2) is 65.8 Å². The van der Waals surface area contributed by atoms with Crippen molar-refractivity contribution >= 4 is 32.9 Å². The highest BCUT2D eigenvalue weighted by Crippen LogP contribution is 2.26. The van der Waals surface area contributed by atoms with Gasteiger partial charge in [-0.3, -0.25) is 0 Å². The van der Waals surface area contributed by atoms with Crippen molar-refractivity contribution in [3.8, 4) is 0 Å². The molecule has 0 bridgehead atoms. The van der Waals surface area contributed by atoms with E-state index in [0.29, 0.717) is 0 Å². The van der Waals surface area contributed by atoms with Crippen molar-refractivity contribution in [3.63, 3.8) is 0 Å². The lowest BCUT2D eigenvalue weighted by molar-refractivity contribution is 0.836. The van der Waals surface area contributed by atoms with E-state index in [9.17, 15) is 0 Å². The van der Waals surface area contributed by atoms with Crippen LogP contribution >= 0.6 is 15.9 Å². The van der Waals surface area contributed by atoms with E-state index >= 15 is 0 Å². The van der Waals surface area contributed by atoms with Crippen LogP contribution in [-0.2, 0) is 6.54 Å². The summed E-state index contributed by atoms with van der Waals surface area (Å²) in [6.45, 7) is 4.78. The molecule has 0 atom stereocenters. The Morgan fingerprint density at radius 1 is 1.11 bits per heavy atom. The van der Waals surface area contributed by atoms with Crippen molar-refractivity contribution in [1.29, 1.82) is 0 Å². The second kappa shape index (κ2) is 5.06. The van der Waals surface area contributed by atoms with Gasteiger partial charge in [-0.2, -0.15) is 0 Å². The molecule has 94 valence electrons. The van der Waals surface area contributed by atoms with Gasteiger partial charge in [-0.1, -0.05) is 58.9 Å². The van der Waals surface area contributed by atoms with Crippen LogP contribution in [0.1, 0.15) is 11.1 Å². The smallest absolute Gasteiger partial charge is 0.0490 e. The van der Waals surface area contributed by atoms with Crippen LogP contribution in [0.4, 0.5) is 0 Å². The Hall–Kier alpha value is -1.80. The number of rotatable bonds is 3. The third-order valence-corrected chi connectivity index (χ3v) is 3.78. The standard InChI is InChI=1S/C17H14BrN/c1-2-14-12-19(11-13-6-4-3-5-7-13)17-9-8-15(18)10-16(14)17/h2-10,12H,1,11H2. The fourth-order valence-electron chi connectivity index (χ4n) is 2.37. The average molecular weight is 312 g/mol. The summed E-state index contributed by atoms with van der Waals surface area (Å²) in [5.74, 6) is 0. The number of aromatic nitrogens is 1. The minimum atomic E-state index is 0.882. The van der Waals surface area contributed by atoms with Crippen LogP contribution in [0.2, 0.25) is 0 Å². The first-order valence-corrected chi connectivity index (χ1v) is 7.02. The fourth-order valence-corrected chi connectivity index (χ4v) is 2.73. The van der Waals surface area contributed by atoms with Crippen molar-refractivity contribution in [2.45, 2.75) is 6.54 Å². The Morgan fingerprint density at radius 2 is 1.89 bits per heavy atom. The molecule has 1 heterocycles. The Morgan fingerprint density at radius 3 is 2.63 bits per heavy atom. The van der Waals surface area contributed by atoms with Gasteiger partial charge in [-0.05, 0) is 29.3 Å². The van der Waals surface area contributed by atoms with Crippen molar-refractivity contribution in [1.82, 2.24) is 4.57 Å². The van der Waals surface area contributed by atoms with Gasteiger partial charge in [0.15, 0.2) is 0 Å². The van der Waals surface area contributed by atoms with E-state index in [0.717, 1.165) is 11.0 Å². The van der Waals surface area contributed by atoms with Gasteiger partial charge in [0.1, 0.15) is 0 Å². The van der Waals surface area contributed by atoms with Gasteiger partial charge in [0.25, 0.3) is 0 Å². The molecule has 0 unspecified atom stereocenters. The molecule has 0 amide bonds. The van der Waals surface area contributed by atoms with Crippen molar-refractivity contribution in [3.05, 3.63) is 76.9 Å². The SMILES string of the molecule is C=Cc1cn(Cc2ccccc2)c2ccc(Br)cc12. The highest BCUT2D eigenvalue weighted by Gasteiger charge is 2.07. The van der Waals surface area contributed by atoms with Crippen molar-refractivity contribution < 1.29 is 0 Å². The van der Waals surface area contributed by atoms with Crippen molar-refractivity contribution in [2.24, 2.45) is 0 Å². The molecule has 0 radical (unpaired) electrons. The lowest BCUT2D eigenvalue weighted by atomic mass is 10.2. The van der Waals surface area contributed by atoms with E-state index in [2.05, 4.69) is 75.7 Å². The van der Waals surface area contributed by atoms with E-state index in [1.807, 2.05) is 12.1 Å². The molecule has 0 aliphatic carbocycles. The van der Waals surface area contributed by atoms with Gasteiger partial charge in [0.05, 0.1) is 0 Å². The highest BCUT2D eigenvalue weighted by molar-refractivity contribution is 9.10. The topological polar surface area (TPSA) is 4.93 Å². The second-order valence-electron chi connectivity index (χ2n) is 4.56. The first-order valence-electron chi connectivity index (χ1n) is 6.22. The largest absolute Gasteiger partial charge is 0.342 e. The van der Waals surface area contributed by atoms with Crippen molar-refractivity contribution in [2.75, 3.05) is 0 Å². The maximum atomic E-state index is 3.90. The molecule has 0 aliphatic heterocycles. The lowest BCUT2D eigenvalue weighted by Crippen LogP contribution is -1.97. The van der Waals surface area contributed by atoms with Crippen LogP contribution in [0.5, 0.6) is 0 Å². The Bertz CT molecular complexity index is 726. The zero-order chi connectivity index (χ0) is 13.2. The number of fused-ring (bicyclic) bond motifs is 1. The molecule has 3 aromatic rings. The predicted molar refractivity (Wildman–Crippen MR) is 85.3 cm³/mol. The summed E-state index contributed by atoms with van der Waals surface area (Å²) < 4.78 is 3.37. The van der Waals surface area contributed by atoms with E-state index in [1.54, 1.807) is 0 Å². The summed E-state index contributed by atoms with van der Waals surface area (Å²) in [4.78, 5) is 0. The molecule has 0 spiro atoms. The van der Waals surface area contributed by atoms with E-state index in [4.69, 9.17) is 0 Å². The maximum absolute atomic E-state index is 3.90. The molecule has 0 aliphatic rings. The number of hydrogen-bond acceptors (Lipinski definition) is 0. The van der Waals surface area contributed by atoms with Gasteiger partial charge < -0.3 is 4.57 Å². The van der Waals surface area contributed by atoms with E-state index in [-0.39, 0.29) is 0 Å². The highest BCUT2D eigenvalue weighted by atomic mass is 79.9. The number of nitrogens with zero attached hydrogens (tertiary/aromatic N) is 1. The number of hydrogen-bond donors (Lipinski definition) is 0. The molecule has 0 saturated carbocycles. The quantitative estimate of drug-likeness (QED) is 0.634. The zero-order valence-electron chi connectivity index (χ0n) is 10.5. The maximum Gasteiger partial charge on any atom is 0.0490 e. The van der Waals surface area contributed by atoms with Crippen LogP contribution < -0.4 is 0 Å². The van der Waals surface area contributed by atoms with Gasteiger partial charge in [0.2, 0.25) is 0 Å². The van der Waals surface area contributed by atoms with Crippen LogP contribution in [0.25, 0.3) is 17.0 Å². The second-order valence-corrected chi connectivity index (χ2v) is 5.48. The molecule has 3 rings (SSSR count). The molecule has 0 fully saturated rings. The van der Waals surface area contributed by atoms with E-state index in [1.165, 1.54) is 22.0 Å². The molecule has 19 heavy (non-hydrogen) atoms. The molecule has 2 heteroatoms. The number of benzene rings is 2. The van der Waals surface area contributed by atoms with Crippen LogP contribution in [-0.4, -0.2) is 4.57 Å². The van der Waals surface area contributed by atoms with Gasteiger partial charge in [-0.25, -0.2) is 0 Å². The molecule has 1 nitrogen and oxygen atoms in total. The fraction of sp³-hybridized carbons (Fsp3) is 0.0588. The molecule has 2 aromatic carbocycles. The average Bonchev–Trinajstić information content (AvgIpc) is 2.77. The minimum absolute atomic E-state index is 0.882. The zero-order valence-corrected chi connectivity index (χ0v) is 12.1. The summed E-state index contributed by atoms with van der Waals surface area (Å²) in [6.07, 6.45) is 4.08. The number of halogens is 1. The Labute approximate surface area is 121 Å². The van der Waals surface area contributed by atoms with Gasteiger partial charge in [0, 0.05) is 28.1 Å². The monoisotopic (exact) mass is 311 g/mol. The normalized spacial score (nSPS) is 10.8. The van der Waals surface area contributed by atoms with E-state index < -0.39 is 0 Å². The molecular formula is C17H14BrN. The summed E-state index contributed by atoms with van der Waals surface area (Å²) in [5, 5.41) is 1.24. The van der Waals surface area contributed by atoms with Crippen LogP contribution in [0, 0.1) is 0 Å². The third kappa shape index (κ3) is 2.36. The Balaban J connectivity index is 2.11. The summed E-state index contributed by atoms with van der Waals surface area (Å²) in [7, 11) is 0.